The smallest absolute Gasteiger partial charge is 0.0595 e. The van der Waals surface area contributed by atoms with E-state index in [2.05, 4.69) is 24.8 Å². The molecule has 1 aromatic carbocycles. The zero-order valence-electron chi connectivity index (χ0n) is 10.9. The fourth-order valence-electron chi connectivity index (χ4n) is 2.53. The minimum Gasteiger partial charge on any atom is -0.327 e. The quantitative estimate of drug-likeness (QED) is 0.898. The van der Waals surface area contributed by atoms with Gasteiger partial charge in [0.1, 0.15) is 0 Å². The van der Waals surface area contributed by atoms with Crippen molar-refractivity contribution in [2.24, 2.45) is 11.7 Å². The van der Waals surface area contributed by atoms with E-state index in [4.69, 9.17) is 28.9 Å². The van der Waals surface area contributed by atoms with Crippen molar-refractivity contribution in [3.63, 3.8) is 0 Å². The Morgan fingerprint density at radius 1 is 1.33 bits per heavy atom. The summed E-state index contributed by atoms with van der Waals surface area (Å²) >= 11 is 12.0. The Kier molecular flexibility index (Phi) is 4.54. The van der Waals surface area contributed by atoms with Crippen LogP contribution < -0.4 is 5.73 Å². The molecular weight excluding hydrogens is 267 g/mol. The van der Waals surface area contributed by atoms with Crippen LogP contribution in [-0.2, 0) is 0 Å². The van der Waals surface area contributed by atoms with E-state index in [1.54, 1.807) is 0 Å². The van der Waals surface area contributed by atoms with Crippen molar-refractivity contribution >= 4 is 23.2 Å². The molecule has 18 heavy (non-hydrogen) atoms. The lowest BCUT2D eigenvalue weighted by atomic mass is 9.92. The summed E-state index contributed by atoms with van der Waals surface area (Å²) in [5, 5.41) is 1.24. The van der Waals surface area contributed by atoms with Crippen LogP contribution in [0, 0.1) is 5.92 Å². The second-order valence-corrected chi connectivity index (χ2v) is 6.09. The van der Waals surface area contributed by atoms with Crippen molar-refractivity contribution in [2.45, 2.75) is 32.4 Å². The fraction of sp³-hybridized carbons (Fsp3) is 0.571. The average Bonchev–Trinajstić information content (AvgIpc) is 2.35. The van der Waals surface area contributed by atoms with Gasteiger partial charge in [0.25, 0.3) is 0 Å². The van der Waals surface area contributed by atoms with Gasteiger partial charge in [-0.2, -0.15) is 0 Å². The first-order valence-electron chi connectivity index (χ1n) is 6.43. The maximum absolute atomic E-state index is 6.08. The second kappa shape index (κ2) is 5.79. The van der Waals surface area contributed by atoms with Gasteiger partial charge >= 0.3 is 0 Å². The summed E-state index contributed by atoms with van der Waals surface area (Å²) in [7, 11) is 0. The predicted octanol–water partition coefficient (Wildman–Crippen LogP) is 3.72. The SMILES string of the molecule is CC1CN(C(C)c2ccc(Cl)c(Cl)c2)CCC1N. The van der Waals surface area contributed by atoms with E-state index in [-0.39, 0.29) is 0 Å². The first-order valence-corrected chi connectivity index (χ1v) is 7.19. The van der Waals surface area contributed by atoms with Gasteiger partial charge in [-0.25, -0.2) is 0 Å². The highest BCUT2D eigenvalue weighted by Crippen LogP contribution is 2.30. The van der Waals surface area contributed by atoms with Crippen LogP contribution in [0.1, 0.15) is 31.9 Å². The Bertz CT molecular complexity index is 422. The lowest BCUT2D eigenvalue weighted by molar-refractivity contribution is 0.124. The molecule has 4 heteroatoms. The van der Waals surface area contributed by atoms with Crippen LogP contribution in [0.15, 0.2) is 18.2 Å². The molecule has 3 atom stereocenters. The van der Waals surface area contributed by atoms with Gasteiger partial charge in [-0.1, -0.05) is 36.2 Å². The molecule has 0 spiro atoms. The average molecular weight is 287 g/mol. The molecule has 100 valence electrons. The maximum Gasteiger partial charge on any atom is 0.0595 e. The summed E-state index contributed by atoms with van der Waals surface area (Å²) in [6.07, 6.45) is 1.06. The molecule has 1 aliphatic rings. The molecule has 1 fully saturated rings. The first kappa shape index (κ1) is 14.1. The Balaban J connectivity index is 2.11. The van der Waals surface area contributed by atoms with E-state index in [1.165, 1.54) is 5.56 Å². The number of piperidine rings is 1. The van der Waals surface area contributed by atoms with E-state index >= 15 is 0 Å². The van der Waals surface area contributed by atoms with Crippen molar-refractivity contribution in [1.82, 2.24) is 4.90 Å². The van der Waals surface area contributed by atoms with E-state index in [0.717, 1.165) is 19.5 Å². The normalized spacial score (nSPS) is 27.2. The Labute approximate surface area is 119 Å². The summed E-state index contributed by atoms with van der Waals surface area (Å²) < 4.78 is 0. The second-order valence-electron chi connectivity index (χ2n) is 5.27. The molecule has 0 amide bonds. The van der Waals surface area contributed by atoms with Gasteiger partial charge in [0.15, 0.2) is 0 Å². The number of rotatable bonds is 2. The lowest BCUT2D eigenvalue weighted by Gasteiger charge is -2.39. The van der Waals surface area contributed by atoms with Crippen LogP contribution in [0.2, 0.25) is 10.0 Å². The Hall–Kier alpha value is -0.280. The topological polar surface area (TPSA) is 29.3 Å². The number of hydrogen-bond acceptors (Lipinski definition) is 2. The lowest BCUT2D eigenvalue weighted by Crippen LogP contribution is -2.46. The minimum atomic E-state index is 0.335. The molecule has 0 aromatic heterocycles. The minimum absolute atomic E-state index is 0.335. The summed E-state index contributed by atoms with van der Waals surface area (Å²) in [5.41, 5.74) is 7.27. The van der Waals surface area contributed by atoms with Gasteiger partial charge in [0.2, 0.25) is 0 Å². The first-order chi connectivity index (χ1) is 8.49. The van der Waals surface area contributed by atoms with Crippen molar-refractivity contribution < 1.29 is 0 Å². The molecule has 1 aromatic rings. The van der Waals surface area contributed by atoms with Crippen LogP contribution in [-0.4, -0.2) is 24.0 Å². The Morgan fingerprint density at radius 3 is 2.67 bits per heavy atom. The highest BCUT2D eigenvalue weighted by Gasteiger charge is 2.26. The van der Waals surface area contributed by atoms with Crippen molar-refractivity contribution in [3.05, 3.63) is 33.8 Å². The molecule has 3 unspecified atom stereocenters. The van der Waals surface area contributed by atoms with E-state index < -0.39 is 0 Å². The van der Waals surface area contributed by atoms with Gasteiger partial charge in [0, 0.05) is 25.2 Å². The van der Waals surface area contributed by atoms with Gasteiger partial charge in [-0.05, 0) is 37.0 Å². The number of nitrogens with zero attached hydrogens (tertiary/aromatic N) is 1. The molecule has 2 N–H and O–H groups in total. The molecule has 0 bridgehead atoms. The van der Waals surface area contributed by atoms with Crippen LogP contribution in [0.4, 0.5) is 0 Å². The Morgan fingerprint density at radius 2 is 2.06 bits per heavy atom. The molecule has 0 aliphatic carbocycles. The van der Waals surface area contributed by atoms with Crippen molar-refractivity contribution in [2.75, 3.05) is 13.1 Å². The predicted molar refractivity (Wildman–Crippen MR) is 78.2 cm³/mol. The van der Waals surface area contributed by atoms with Gasteiger partial charge in [0.05, 0.1) is 10.0 Å². The summed E-state index contributed by atoms with van der Waals surface area (Å²) in [5.74, 6) is 0.545. The third-order valence-electron chi connectivity index (χ3n) is 3.98. The van der Waals surface area contributed by atoms with Gasteiger partial charge in [-0.3, -0.25) is 4.90 Å². The summed E-state index contributed by atoms with van der Waals surface area (Å²) in [6, 6.07) is 6.58. The molecule has 2 rings (SSSR count). The molecular formula is C14H20Cl2N2. The number of nitrogens with two attached hydrogens (primary N) is 1. The third kappa shape index (κ3) is 3.00. The number of likely N-dealkylation sites (tertiary alicyclic amines) is 1. The largest absolute Gasteiger partial charge is 0.327 e. The standard InChI is InChI=1S/C14H20Cl2N2/c1-9-8-18(6-5-14(9)17)10(2)11-3-4-12(15)13(16)7-11/h3-4,7,9-10,14H,5-6,8,17H2,1-2H3. The number of halogens is 2. The van der Waals surface area contributed by atoms with Crippen molar-refractivity contribution in [1.29, 1.82) is 0 Å². The number of benzene rings is 1. The van der Waals surface area contributed by atoms with E-state index in [9.17, 15) is 0 Å². The highest BCUT2D eigenvalue weighted by atomic mass is 35.5. The fourth-order valence-corrected chi connectivity index (χ4v) is 2.84. The monoisotopic (exact) mass is 286 g/mol. The summed E-state index contributed by atoms with van der Waals surface area (Å²) in [6.45, 7) is 6.52. The third-order valence-corrected chi connectivity index (χ3v) is 4.72. The molecule has 1 aliphatic heterocycles. The highest BCUT2D eigenvalue weighted by molar-refractivity contribution is 6.42. The van der Waals surface area contributed by atoms with Crippen LogP contribution in [0.3, 0.4) is 0 Å². The molecule has 0 saturated carbocycles. The molecule has 1 heterocycles. The van der Waals surface area contributed by atoms with Gasteiger partial charge < -0.3 is 5.73 Å². The molecule has 0 radical (unpaired) electrons. The summed E-state index contributed by atoms with van der Waals surface area (Å²) in [4.78, 5) is 2.47. The van der Waals surface area contributed by atoms with E-state index in [0.29, 0.717) is 28.0 Å². The maximum atomic E-state index is 6.08. The number of hydrogen-bond donors (Lipinski definition) is 1. The zero-order chi connectivity index (χ0) is 13.3. The van der Waals surface area contributed by atoms with Crippen LogP contribution >= 0.6 is 23.2 Å². The van der Waals surface area contributed by atoms with Crippen LogP contribution in [0.5, 0.6) is 0 Å². The van der Waals surface area contributed by atoms with Crippen LogP contribution in [0.25, 0.3) is 0 Å². The zero-order valence-corrected chi connectivity index (χ0v) is 12.4. The van der Waals surface area contributed by atoms with Gasteiger partial charge in [-0.15, -0.1) is 0 Å². The van der Waals surface area contributed by atoms with Crippen molar-refractivity contribution in [3.8, 4) is 0 Å². The van der Waals surface area contributed by atoms with E-state index in [1.807, 2.05) is 12.1 Å². The molecule has 1 saturated heterocycles. The molecule has 2 nitrogen and oxygen atoms in total.